The third kappa shape index (κ3) is 4.05. The summed E-state index contributed by atoms with van der Waals surface area (Å²) >= 11 is 1.05. The summed E-state index contributed by atoms with van der Waals surface area (Å²) < 4.78 is 10.1. The number of hydrogen-bond acceptors (Lipinski definition) is 6. The number of methoxy groups -OCH3 is 1. The van der Waals surface area contributed by atoms with Crippen molar-refractivity contribution in [2.45, 2.75) is 13.8 Å². The lowest BCUT2D eigenvalue weighted by Gasteiger charge is -2.09. The average molecular weight is 320 g/mol. The molecule has 0 aliphatic rings. The van der Waals surface area contributed by atoms with Crippen LogP contribution < -0.4 is 10.1 Å². The lowest BCUT2D eigenvalue weighted by molar-refractivity contribution is -0.118. The van der Waals surface area contributed by atoms with Crippen molar-refractivity contribution in [3.8, 4) is 5.75 Å². The van der Waals surface area contributed by atoms with Gasteiger partial charge in [0.05, 0.1) is 13.3 Å². The van der Waals surface area contributed by atoms with Gasteiger partial charge < -0.3 is 9.47 Å². The highest BCUT2D eigenvalue weighted by Crippen LogP contribution is 2.20. The molecule has 22 heavy (non-hydrogen) atoms. The molecule has 0 atom stereocenters. The molecule has 2 rings (SSSR count). The van der Waals surface area contributed by atoms with Gasteiger partial charge in [-0.2, -0.15) is 0 Å². The number of benzene rings is 1. The molecule has 0 unspecified atom stereocenters. The summed E-state index contributed by atoms with van der Waals surface area (Å²) in [5, 5.41) is 2.91. The molecule has 0 spiro atoms. The second-order valence-corrected chi connectivity index (χ2v) is 5.66. The van der Waals surface area contributed by atoms with Gasteiger partial charge in [0, 0.05) is 0 Å². The van der Waals surface area contributed by atoms with Crippen molar-refractivity contribution in [3.63, 3.8) is 0 Å². The van der Waals surface area contributed by atoms with Crippen molar-refractivity contribution in [1.82, 2.24) is 4.98 Å². The van der Waals surface area contributed by atoms with Gasteiger partial charge in [0.2, 0.25) is 0 Å². The van der Waals surface area contributed by atoms with E-state index in [2.05, 4.69) is 15.0 Å². The number of anilines is 1. The smallest absolute Gasteiger partial charge is 0.349 e. The van der Waals surface area contributed by atoms with Crippen LogP contribution in [-0.2, 0) is 9.53 Å². The van der Waals surface area contributed by atoms with Gasteiger partial charge in [-0.05, 0) is 31.0 Å². The maximum absolute atomic E-state index is 11.8. The van der Waals surface area contributed by atoms with Crippen LogP contribution in [-0.4, -0.2) is 30.6 Å². The standard InChI is InChI=1S/C15H16N2O4S/c1-9-4-5-10(2)11(6-9)21-8-13(18)17-15-16-7-12(22-15)14(19)20-3/h4-7H,8H2,1-3H3,(H,16,17,18). The van der Waals surface area contributed by atoms with E-state index in [9.17, 15) is 9.59 Å². The molecule has 6 nitrogen and oxygen atoms in total. The molecule has 1 aromatic carbocycles. The molecule has 0 saturated carbocycles. The summed E-state index contributed by atoms with van der Waals surface area (Å²) in [5.41, 5.74) is 2.02. The normalized spacial score (nSPS) is 10.1. The fraction of sp³-hybridized carbons (Fsp3) is 0.267. The summed E-state index contributed by atoms with van der Waals surface area (Å²) in [6.45, 7) is 3.74. The molecule has 0 aliphatic carbocycles. The van der Waals surface area contributed by atoms with Crippen LogP contribution in [0.4, 0.5) is 5.13 Å². The molecule has 1 aromatic heterocycles. The quantitative estimate of drug-likeness (QED) is 0.857. The zero-order valence-corrected chi connectivity index (χ0v) is 13.3. The number of hydrogen-bond donors (Lipinski definition) is 1. The topological polar surface area (TPSA) is 77.5 Å². The highest BCUT2D eigenvalue weighted by atomic mass is 32.1. The number of carbonyl (C=O) groups is 2. The zero-order chi connectivity index (χ0) is 16.1. The van der Waals surface area contributed by atoms with Gasteiger partial charge in [0.25, 0.3) is 5.91 Å². The van der Waals surface area contributed by atoms with Gasteiger partial charge in [-0.15, -0.1) is 0 Å². The third-order valence-corrected chi connectivity index (χ3v) is 3.73. The highest BCUT2D eigenvalue weighted by molar-refractivity contribution is 7.17. The molecule has 1 heterocycles. The number of aromatic nitrogens is 1. The number of rotatable bonds is 5. The van der Waals surface area contributed by atoms with Crippen molar-refractivity contribution in [2.24, 2.45) is 0 Å². The van der Waals surface area contributed by atoms with E-state index in [-0.39, 0.29) is 12.5 Å². The maximum Gasteiger partial charge on any atom is 0.349 e. The van der Waals surface area contributed by atoms with Crippen molar-refractivity contribution >= 4 is 28.3 Å². The minimum Gasteiger partial charge on any atom is -0.483 e. The number of nitrogens with one attached hydrogen (secondary N) is 1. The monoisotopic (exact) mass is 320 g/mol. The molecule has 0 fully saturated rings. The second-order valence-electron chi connectivity index (χ2n) is 4.63. The van der Waals surface area contributed by atoms with Gasteiger partial charge in [-0.25, -0.2) is 9.78 Å². The van der Waals surface area contributed by atoms with Crippen molar-refractivity contribution in [2.75, 3.05) is 19.0 Å². The van der Waals surface area contributed by atoms with Crippen LogP contribution in [0.1, 0.15) is 20.8 Å². The molecule has 2 aromatic rings. The van der Waals surface area contributed by atoms with E-state index in [0.717, 1.165) is 22.5 Å². The first-order valence-electron chi connectivity index (χ1n) is 6.53. The number of thiazole rings is 1. The summed E-state index contributed by atoms with van der Waals surface area (Å²) in [4.78, 5) is 27.4. The summed E-state index contributed by atoms with van der Waals surface area (Å²) in [6.07, 6.45) is 1.36. The fourth-order valence-electron chi connectivity index (χ4n) is 1.69. The SMILES string of the molecule is COC(=O)c1cnc(NC(=O)COc2cc(C)ccc2C)s1. The molecule has 0 bridgehead atoms. The lowest BCUT2D eigenvalue weighted by atomic mass is 10.1. The van der Waals surface area contributed by atoms with E-state index in [4.69, 9.17) is 4.74 Å². The number of nitrogens with zero attached hydrogens (tertiary/aromatic N) is 1. The second kappa shape index (κ2) is 7.04. The van der Waals surface area contributed by atoms with E-state index in [0.29, 0.717) is 15.8 Å². The lowest BCUT2D eigenvalue weighted by Crippen LogP contribution is -2.20. The van der Waals surface area contributed by atoms with E-state index in [1.54, 1.807) is 0 Å². The number of amides is 1. The highest BCUT2D eigenvalue weighted by Gasteiger charge is 2.13. The molecular weight excluding hydrogens is 304 g/mol. The van der Waals surface area contributed by atoms with Crippen molar-refractivity contribution in [3.05, 3.63) is 40.4 Å². The maximum atomic E-state index is 11.8. The third-order valence-electron chi connectivity index (χ3n) is 2.84. The Kier molecular flexibility index (Phi) is 5.11. The van der Waals surface area contributed by atoms with Crippen LogP contribution >= 0.6 is 11.3 Å². The Morgan fingerprint density at radius 3 is 2.82 bits per heavy atom. The van der Waals surface area contributed by atoms with Crippen LogP contribution in [0.5, 0.6) is 5.75 Å². The Hall–Kier alpha value is -2.41. The zero-order valence-electron chi connectivity index (χ0n) is 12.5. The summed E-state index contributed by atoms with van der Waals surface area (Å²) in [7, 11) is 1.29. The molecule has 7 heteroatoms. The molecule has 1 N–H and O–H groups in total. The first kappa shape index (κ1) is 16.0. The van der Waals surface area contributed by atoms with E-state index in [1.807, 2.05) is 32.0 Å². The van der Waals surface area contributed by atoms with Gasteiger partial charge in [-0.1, -0.05) is 23.5 Å². The van der Waals surface area contributed by atoms with Gasteiger partial charge in [0.1, 0.15) is 10.6 Å². The van der Waals surface area contributed by atoms with Gasteiger partial charge in [0.15, 0.2) is 11.7 Å². The predicted octanol–water partition coefficient (Wildman–Crippen LogP) is 2.56. The van der Waals surface area contributed by atoms with Gasteiger partial charge in [-0.3, -0.25) is 10.1 Å². The van der Waals surface area contributed by atoms with Crippen LogP contribution in [0, 0.1) is 13.8 Å². The Morgan fingerprint density at radius 2 is 2.09 bits per heavy atom. The summed E-state index contributed by atoms with van der Waals surface area (Å²) in [5.74, 6) is -0.152. The van der Waals surface area contributed by atoms with Crippen LogP contribution in [0.2, 0.25) is 0 Å². The Labute approximate surface area is 132 Å². The van der Waals surface area contributed by atoms with E-state index < -0.39 is 5.97 Å². The fourth-order valence-corrected chi connectivity index (χ4v) is 2.44. The minimum atomic E-state index is -0.482. The van der Waals surface area contributed by atoms with Crippen LogP contribution in [0.3, 0.4) is 0 Å². The number of aryl methyl sites for hydroxylation is 2. The number of esters is 1. The number of ether oxygens (including phenoxy) is 2. The molecule has 0 saturated heterocycles. The van der Waals surface area contributed by atoms with Crippen LogP contribution in [0.15, 0.2) is 24.4 Å². The minimum absolute atomic E-state index is 0.128. The molecule has 0 aliphatic heterocycles. The average Bonchev–Trinajstić information content (AvgIpc) is 2.95. The first-order chi connectivity index (χ1) is 10.5. The van der Waals surface area contributed by atoms with Crippen molar-refractivity contribution in [1.29, 1.82) is 0 Å². The Balaban J connectivity index is 1.91. The Morgan fingerprint density at radius 1 is 1.32 bits per heavy atom. The number of carbonyl (C=O) groups excluding carboxylic acids is 2. The molecule has 116 valence electrons. The largest absolute Gasteiger partial charge is 0.483 e. The van der Waals surface area contributed by atoms with Crippen molar-refractivity contribution < 1.29 is 19.1 Å². The first-order valence-corrected chi connectivity index (χ1v) is 7.35. The molecule has 0 radical (unpaired) electrons. The predicted molar refractivity (Wildman–Crippen MR) is 83.5 cm³/mol. The molecular formula is C15H16N2O4S. The van der Waals surface area contributed by atoms with Gasteiger partial charge >= 0.3 is 5.97 Å². The van der Waals surface area contributed by atoms with E-state index >= 15 is 0 Å². The Bertz CT molecular complexity index is 697. The van der Waals surface area contributed by atoms with Crippen LogP contribution in [0.25, 0.3) is 0 Å². The summed E-state index contributed by atoms with van der Waals surface area (Å²) in [6, 6.07) is 5.79. The van der Waals surface area contributed by atoms with E-state index in [1.165, 1.54) is 13.3 Å². The molecule has 1 amide bonds.